The van der Waals surface area contributed by atoms with Crippen LogP contribution >= 0.6 is 11.8 Å². The van der Waals surface area contributed by atoms with Gasteiger partial charge in [0.1, 0.15) is 7.05 Å². The van der Waals surface area contributed by atoms with Crippen LogP contribution in [0.25, 0.3) is 0 Å². The van der Waals surface area contributed by atoms with Crippen molar-refractivity contribution in [3.05, 3.63) is 106 Å². The Labute approximate surface area is 243 Å². The third-order valence-corrected chi connectivity index (χ3v) is 10.0. The van der Waals surface area contributed by atoms with Gasteiger partial charge in [-0.3, -0.25) is 0 Å². The van der Waals surface area contributed by atoms with E-state index in [1.165, 1.54) is 50.0 Å². The number of hydrogen-bond donors (Lipinski definition) is 0. The Balaban J connectivity index is 1.52. The lowest BCUT2D eigenvalue weighted by molar-refractivity contribution is -0.401. The van der Waals surface area contributed by atoms with Gasteiger partial charge in [-0.2, -0.15) is 4.58 Å². The summed E-state index contributed by atoms with van der Waals surface area (Å²) in [5.41, 5.74) is 10.1. The molecule has 0 atom stereocenters. The van der Waals surface area contributed by atoms with Crippen molar-refractivity contribution in [2.75, 3.05) is 24.7 Å². The Hall–Kier alpha value is -3.31. The highest BCUT2D eigenvalue weighted by Gasteiger charge is 2.42. The van der Waals surface area contributed by atoms with Crippen LogP contribution in [0.1, 0.15) is 64.5 Å². The lowest BCUT2D eigenvalue weighted by Crippen LogP contribution is -2.26. The van der Waals surface area contributed by atoms with E-state index in [2.05, 4.69) is 124 Å². The van der Waals surface area contributed by atoms with Crippen molar-refractivity contribution in [1.29, 1.82) is 0 Å². The van der Waals surface area contributed by atoms with Crippen LogP contribution in [0.5, 0.6) is 0 Å². The van der Waals surface area contributed by atoms with E-state index >= 15 is 0 Å². The monoisotopic (exact) mass is 552 g/mol. The highest BCUT2D eigenvalue weighted by Crippen LogP contribution is 2.47. The first-order valence-electron chi connectivity index (χ1n) is 14.2. The molecule has 0 radical (unpaired) electrons. The summed E-state index contributed by atoms with van der Waals surface area (Å²) in [4.78, 5) is 14.8. The van der Waals surface area contributed by atoms with Crippen molar-refractivity contribution in [3.63, 3.8) is 0 Å². The number of thioether (sulfide) groups is 1. The molecule has 0 unspecified atom stereocenters. The number of benzene rings is 2. The number of para-hydroxylation sites is 2. The number of rotatable bonds is 7. The zero-order valence-corrected chi connectivity index (χ0v) is 25.4. The fourth-order valence-electron chi connectivity index (χ4n) is 6.61. The zero-order valence-electron chi connectivity index (χ0n) is 24.6. The summed E-state index contributed by atoms with van der Waals surface area (Å²) in [5.74, 6) is -0.490. The molecular weight excluding hydrogens is 512 g/mol. The van der Waals surface area contributed by atoms with Crippen LogP contribution < -0.4 is 10.0 Å². The zero-order chi connectivity index (χ0) is 28.7. The van der Waals surface area contributed by atoms with Gasteiger partial charge in [0.05, 0.1) is 5.41 Å². The fraction of sp³-hybridized carbons (Fsp3) is 0.371. The first-order chi connectivity index (χ1) is 19.0. The second-order valence-electron chi connectivity index (χ2n) is 12.0. The predicted molar refractivity (Wildman–Crippen MR) is 166 cm³/mol. The average Bonchev–Trinajstić information content (AvgIpc) is 3.24. The summed E-state index contributed by atoms with van der Waals surface area (Å²) in [6.07, 6.45) is 12.2. The van der Waals surface area contributed by atoms with Gasteiger partial charge >= 0.3 is 0 Å². The first kappa shape index (κ1) is 28.2. The van der Waals surface area contributed by atoms with Crippen molar-refractivity contribution in [2.24, 2.45) is 0 Å². The van der Waals surface area contributed by atoms with Gasteiger partial charge < -0.3 is 14.8 Å². The van der Waals surface area contributed by atoms with Crippen LogP contribution in [0, 0.1) is 0 Å². The van der Waals surface area contributed by atoms with Crippen molar-refractivity contribution in [3.8, 4) is 0 Å². The standard InChI is InChI=1S/C35H40N2O2S/c1-34(2)26-14-7-9-16-28(26)36(5)30(34)20-18-24-12-11-13-25(33(24)40-23-22-32(38)39)19-21-31-35(3,4)27-15-8-10-17-29(27)37(31)6/h7-10,14-21H,11-13,22-23H2,1-6H3. The molecule has 0 N–H and O–H groups in total. The molecule has 0 fully saturated rings. The van der Waals surface area contributed by atoms with Gasteiger partial charge in [0.15, 0.2) is 5.71 Å². The molecule has 3 aliphatic rings. The molecule has 2 aromatic rings. The van der Waals surface area contributed by atoms with Gasteiger partial charge in [-0.15, -0.1) is 11.8 Å². The molecular formula is C35H40N2O2S. The minimum Gasteiger partial charge on any atom is -0.550 e. The van der Waals surface area contributed by atoms with Gasteiger partial charge in [-0.25, -0.2) is 0 Å². The molecule has 40 heavy (non-hydrogen) atoms. The third kappa shape index (κ3) is 5.01. The molecule has 2 aromatic carbocycles. The Morgan fingerprint density at radius 3 is 2.38 bits per heavy atom. The van der Waals surface area contributed by atoms with Crippen LogP contribution in [0.15, 0.2) is 94.6 Å². The number of carboxylic acid groups (broad SMARTS) is 1. The summed E-state index contributed by atoms with van der Waals surface area (Å²) < 4.78 is 2.30. The van der Waals surface area contributed by atoms with E-state index in [-0.39, 0.29) is 17.3 Å². The number of carbonyl (C=O) groups is 1. The maximum absolute atomic E-state index is 11.2. The number of aliphatic carboxylic acids is 1. The van der Waals surface area contributed by atoms with E-state index in [4.69, 9.17) is 0 Å². The van der Waals surface area contributed by atoms with Gasteiger partial charge in [0.2, 0.25) is 5.69 Å². The molecule has 0 saturated carbocycles. The topological polar surface area (TPSA) is 46.4 Å². The van der Waals surface area contributed by atoms with Crippen LogP contribution in [0.4, 0.5) is 11.4 Å². The second-order valence-corrected chi connectivity index (χ2v) is 13.1. The summed E-state index contributed by atoms with van der Waals surface area (Å²) in [7, 11) is 4.29. The largest absolute Gasteiger partial charge is 0.550 e. The second kappa shape index (κ2) is 10.9. The van der Waals surface area contributed by atoms with E-state index in [9.17, 15) is 9.90 Å². The molecule has 5 heteroatoms. The molecule has 2 heterocycles. The summed E-state index contributed by atoms with van der Waals surface area (Å²) in [6.45, 7) is 9.15. The highest BCUT2D eigenvalue weighted by molar-refractivity contribution is 8.03. The highest BCUT2D eigenvalue weighted by atomic mass is 32.2. The summed E-state index contributed by atoms with van der Waals surface area (Å²) >= 11 is 1.66. The average molecular weight is 553 g/mol. The normalized spacial score (nSPS) is 21.6. The first-order valence-corrected chi connectivity index (χ1v) is 15.2. The lowest BCUT2D eigenvalue weighted by Gasteiger charge is -2.25. The van der Waals surface area contributed by atoms with E-state index in [1.54, 1.807) is 11.8 Å². The van der Waals surface area contributed by atoms with Crippen LogP contribution in [-0.2, 0) is 15.6 Å². The Morgan fingerprint density at radius 2 is 1.68 bits per heavy atom. The summed E-state index contributed by atoms with van der Waals surface area (Å²) in [5, 5.41) is 11.2. The van der Waals surface area contributed by atoms with E-state index in [1.807, 2.05) is 0 Å². The van der Waals surface area contributed by atoms with E-state index < -0.39 is 5.97 Å². The molecule has 208 valence electrons. The predicted octanol–water partition coefficient (Wildman–Crippen LogP) is 6.80. The fourth-order valence-corrected chi connectivity index (χ4v) is 7.79. The summed E-state index contributed by atoms with van der Waals surface area (Å²) in [6, 6.07) is 17.2. The smallest absolute Gasteiger partial charge is 0.209 e. The Bertz CT molecular complexity index is 1500. The number of carboxylic acids is 1. The Kier molecular flexibility index (Phi) is 7.71. The van der Waals surface area contributed by atoms with Crippen molar-refractivity contribution >= 4 is 34.8 Å². The van der Waals surface area contributed by atoms with Crippen LogP contribution in [-0.4, -0.2) is 36.1 Å². The van der Waals surface area contributed by atoms with E-state index in [0.717, 1.165) is 19.3 Å². The molecule has 0 amide bonds. The number of carbonyl (C=O) groups excluding carboxylic acids is 1. The molecule has 0 spiro atoms. The Morgan fingerprint density at radius 1 is 0.975 bits per heavy atom. The number of hydrogen-bond acceptors (Lipinski definition) is 4. The molecule has 0 bridgehead atoms. The number of nitrogens with zero attached hydrogens (tertiary/aromatic N) is 2. The molecule has 2 aliphatic heterocycles. The van der Waals surface area contributed by atoms with Crippen molar-refractivity contribution in [1.82, 2.24) is 0 Å². The molecule has 5 rings (SSSR count). The van der Waals surface area contributed by atoms with Gasteiger partial charge in [-0.05, 0) is 68.4 Å². The van der Waals surface area contributed by atoms with Gasteiger partial charge in [-0.1, -0.05) is 62.4 Å². The van der Waals surface area contributed by atoms with E-state index in [0.29, 0.717) is 5.75 Å². The van der Waals surface area contributed by atoms with Crippen LogP contribution in [0.2, 0.25) is 0 Å². The molecule has 0 saturated heterocycles. The molecule has 0 aromatic heterocycles. The third-order valence-electron chi connectivity index (χ3n) is 8.79. The SMILES string of the molecule is CN1/C(=C/C=C2\CCCC(/C=C/C3=[N+](C)c4ccccc4C3(C)C)=C2SCCC(=O)[O-])C(C)(C)c2ccccc21. The van der Waals surface area contributed by atoms with Gasteiger partial charge in [0.25, 0.3) is 0 Å². The van der Waals surface area contributed by atoms with Crippen molar-refractivity contribution in [2.45, 2.75) is 64.2 Å². The van der Waals surface area contributed by atoms with Crippen LogP contribution in [0.3, 0.4) is 0 Å². The minimum atomic E-state index is -0.997. The lowest BCUT2D eigenvalue weighted by atomic mass is 9.81. The minimum absolute atomic E-state index is 0.0487. The maximum atomic E-state index is 11.2. The molecule has 1 aliphatic carbocycles. The van der Waals surface area contributed by atoms with Crippen molar-refractivity contribution < 1.29 is 14.5 Å². The number of likely N-dealkylation sites (N-methyl/N-ethyl adjacent to an activating group) is 1. The number of fused-ring (bicyclic) bond motifs is 2. The number of anilines is 1. The maximum Gasteiger partial charge on any atom is 0.209 e. The quantitative estimate of drug-likeness (QED) is 0.355. The van der Waals surface area contributed by atoms with Gasteiger partial charge in [0, 0.05) is 58.2 Å². The molecule has 4 nitrogen and oxygen atoms in total. The number of allylic oxidation sites excluding steroid dienone is 7.